The van der Waals surface area contributed by atoms with E-state index in [1.54, 1.807) is 12.4 Å². The molecular weight excluding hydrogens is 206 g/mol. The van der Waals surface area contributed by atoms with Crippen LogP contribution in [-0.4, -0.2) is 37.2 Å². The smallest absolute Gasteiger partial charge is 0.246 e. The average Bonchev–Trinajstić information content (AvgIpc) is 2.31. The fourth-order valence-corrected chi connectivity index (χ4v) is 1.19. The number of carbonyl (C=O) groups is 1. The lowest BCUT2D eigenvalue weighted by Gasteiger charge is -2.05. The molecule has 0 aliphatic rings. The monoisotopic (exact) mass is 223 g/mol. The Morgan fingerprint density at radius 3 is 3.12 bits per heavy atom. The molecule has 3 N–H and O–H groups in total. The van der Waals surface area contributed by atoms with Crippen molar-refractivity contribution in [3.8, 4) is 0 Å². The van der Waals surface area contributed by atoms with Gasteiger partial charge in [0.1, 0.15) is 6.61 Å². The van der Waals surface area contributed by atoms with Crippen molar-refractivity contribution in [3.05, 3.63) is 30.1 Å². The second-order valence-electron chi connectivity index (χ2n) is 3.30. The summed E-state index contributed by atoms with van der Waals surface area (Å²) in [5.74, 6) is -0.114. The fourth-order valence-electron chi connectivity index (χ4n) is 1.19. The number of nitrogens with zero attached hydrogens (tertiary/aromatic N) is 1. The predicted molar refractivity (Wildman–Crippen MR) is 60.8 cm³/mol. The van der Waals surface area contributed by atoms with E-state index in [9.17, 15) is 4.79 Å². The third-order valence-corrected chi connectivity index (χ3v) is 1.95. The molecule has 0 unspecified atom stereocenters. The zero-order valence-electron chi connectivity index (χ0n) is 9.19. The lowest BCUT2D eigenvalue weighted by atomic mass is 10.2. The molecular formula is C11H17N3O2. The molecule has 1 amide bonds. The first-order valence-electron chi connectivity index (χ1n) is 5.26. The predicted octanol–water partition coefficient (Wildman–Crippen LogP) is -0.284. The van der Waals surface area contributed by atoms with E-state index in [-0.39, 0.29) is 12.5 Å². The summed E-state index contributed by atoms with van der Waals surface area (Å²) in [4.78, 5) is 15.2. The summed E-state index contributed by atoms with van der Waals surface area (Å²) >= 11 is 0. The fraction of sp³-hybridized carbons (Fsp3) is 0.455. The quantitative estimate of drug-likeness (QED) is 0.623. The van der Waals surface area contributed by atoms with Crippen LogP contribution in [0.3, 0.4) is 0 Å². The zero-order valence-corrected chi connectivity index (χ0v) is 9.19. The first kappa shape index (κ1) is 12.6. The number of amides is 1. The van der Waals surface area contributed by atoms with Gasteiger partial charge in [-0.15, -0.1) is 0 Å². The Balaban J connectivity index is 2.09. The van der Waals surface area contributed by atoms with Gasteiger partial charge in [0.05, 0.1) is 6.61 Å². The number of pyridine rings is 1. The summed E-state index contributed by atoms with van der Waals surface area (Å²) in [5, 5.41) is 2.76. The van der Waals surface area contributed by atoms with E-state index in [4.69, 9.17) is 10.5 Å². The van der Waals surface area contributed by atoms with Crippen LogP contribution in [0.25, 0.3) is 0 Å². The normalized spacial score (nSPS) is 10.1. The number of nitrogens with two attached hydrogens (primary N) is 1. The largest absolute Gasteiger partial charge is 0.370 e. The van der Waals surface area contributed by atoms with Crippen molar-refractivity contribution in [3.63, 3.8) is 0 Å². The van der Waals surface area contributed by atoms with Crippen LogP contribution in [0.15, 0.2) is 24.5 Å². The Labute approximate surface area is 95.0 Å². The molecule has 5 heteroatoms. The van der Waals surface area contributed by atoms with E-state index < -0.39 is 0 Å². The van der Waals surface area contributed by atoms with Crippen LogP contribution in [0.5, 0.6) is 0 Å². The van der Waals surface area contributed by atoms with Gasteiger partial charge in [0.15, 0.2) is 0 Å². The summed E-state index contributed by atoms with van der Waals surface area (Å²) < 4.78 is 5.00. The first-order valence-corrected chi connectivity index (χ1v) is 5.26. The van der Waals surface area contributed by atoms with E-state index in [2.05, 4.69) is 10.3 Å². The number of hydrogen-bond acceptors (Lipinski definition) is 4. The minimum atomic E-state index is -0.114. The second kappa shape index (κ2) is 7.78. The number of nitrogens with one attached hydrogen (secondary N) is 1. The second-order valence-corrected chi connectivity index (χ2v) is 3.30. The zero-order chi connectivity index (χ0) is 11.6. The number of rotatable bonds is 7. The molecule has 5 nitrogen and oxygen atoms in total. The molecule has 0 spiro atoms. The number of carbonyl (C=O) groups excluding carboxylic acids is 1. The van der Waals surface area contributed by atoms with Gasteiger partial charge < -0.3 is 15.8 Å². The van der Waals surface area contributed by atoms with Crippen LogP contribution < -0.4 is 11.1 Å². The van der Waals surface area contributed by atoms with Crippen molar-refractivity contribution < 1.29 is 9.53 Å². The summed E-state index contributed by atoms with van der Waals surface area (Å²) in [5.41, 5.74) is 6.33. The average molecular weight is 223 g/mol. The van der Waals surface area contributed by atoms with Crippen LogP contribution in [0, 0.1) is 0 Å². The van der Waals surface area contributed by atoms with Gasteiger partial charge in [-0.2, -0.15) is 0 Å². The van der Waals surface area contributed by atoms with Gasteiger partial charge in [-0.25, -0.2) is 0 Å². The lowest BCUT2D eigenvalue weighted by Crippen LogP contribution is -2.30. The van der Waals surface area contributed by atoms with Gasteiger partial charge in [0.2, 0.25) is 5.91 Å². The van der Waals surface area contributed by atoms with Crippen LogP contribution in [0.1, 0.15) is 5.56 Å². The van der Waals surface area contributed by atoms with Crippen LogP contribution in [0.4, 0.5) is 0 Å². The maximum atomic E-state index is 11.2. The summed E-state index contributed by atoms with van der Waals surface area (Å²) in [6, 6.07) is 3.85. The maximum absolute atomic E-state index is 11.2. The molecule has 1 heterocycles. The summed E-state index contributed by atoms with van der Waals surface area (Å²) in [7, 11) is 0. The third kappa shape index (κ3) is 5.43. The number of ether oxygens (including phenoxy) is 1. The Hall–Kier alpha value is -1.46. The molecule has 0 atom stereocenters. The van der Waals surface area contributed by atoms with Crippen molar-refractivity contribution in [2.45, 2.75) is 6.42 Å². The highest BCUT2D eigenvalue weighted by atomic mass is 16.5. The SMILES string of the molecule is NCCOCC(=O)NCCc1cccnc1. The Kier molecular flexibility index (Phi) is 6.13. The van der Waals surface area contributed by atoms with Crippen molar-refractivity contribution in [2.75, 3.05) is 26.3 Å². The molecule has 0 fully saturated rings. The first-order chi connectivity index (χ1) is 7.83. The van der Waals surface area contributed by atoms with Crippen molar-refractivity contribution in [1.29, 1.82) is 0 Å². The van der Waals surface area contributed by atoms with E-state index in [0.717, 1.165) is 12.0 Å². The molecule has 0 saturated carbocycles. The van der Waals surface area contributed by atoms with Gasteiger partial charge in [0.25, 0.3) is 0 Å². The Bertz CT molecular complexity index is 303. The van der Waals surface area contributed by atoms with E-state index >= 15 is 0 Å². The molecule has 1 aromatic heterocycles. The number of hydrogen-bond donors (Lipinski definition) is 2. The van der Waals surface area contributed by atoms with E-state index in [0.29, 0.717) is 19.7 Å². The number of aromatic nitrogens is 1. The van der Waals surface area contributed by atoms with E-state index in [1.807, 2.05) is 12.1 Å². The molecule has 0 aliphatic heterocycles. The van der Waals surface area contributed by atoms with Gasteiger partial charge in [0, 0.05) is 25.5 Å². The third-order valence-electron chi connectivity index (χ3n) is 1.95. The highest BCUT2D eigenvalue weighted by molar-refractivity contribution is 5.77. The lowest BCUT2D eigenvalue weighted by molar-refractivity contribution is -0.125. The Morgan fingerprint density at radius 1 is 1.56 bits per heavy atom. The highest BCUT2D eigenvalue weighted by Gasteiger charge is 2.00. The van der Waals surface area contributed by atoms with Gasteiger partial charge in [-0.3, -0.25) is 9.78 Å². The molecule has 0 aliphatic carbocycles. The molecule has 0 saturated heterocycles. The molecule has 1 rings (SSSR count). The molecule has 0 aromatic carbocycles. The minimum absolute atomic E-state index is 0.0737. The van der Waals surface area contributed by atoms with Crippen LogP contribution in [0.2, 0.25) is 0 Å². The topological polar surface area (TPSA) is 77.2 Å². The molecule has 16 heavy (non-hydrogen) atoms. The summed E-state index contributed by atoms with van der Waals surface area (Å²) in [6.45, 7) is 1.51. The van der Waals surface area contributed by atoms with Crippen LogP contribution in [-0.2, 0) is 16.0 Å². The van der Waals surface area contributed by atoms with Gasteiger partial charge >= 0.3 is 0 Å². The van der Waals surface area contributed by atoms with Crippen molar-refractivity contribution in [1.82, 2.24) is 10.3 Å². The maximum Gasteiger partial charge on any atom is 0.246 e. The summed E-state index contributed by atoms with van der Waals surface area (Å²) in [6.07, 6.45) is 4.29. The Morgan fingerprint density at radius 2 is 2.44 bits per heavy atom. The van der Waals surface area contributed by atoms with Crippen molar-refractivity contribution in [2.24, 2.45) is 5.73 Å². The molecule has 0 bridgehead atoms. The van der Waals surface area contributed by atoms with Gasteiger partial charge in [-0.1, -0.05) is 6.07 Å². The molecule has 88 valence electrons. The molecule has 1 aromatic rings. The van der Waals surface area contributed by atoms with Crippen LogP contribution >= 0.6 is 0 Å². The van der Waals surface area contributed by atoms with Gasteiger partial charge in [-0.05, 0) is 18.1 Å². The molecule has 0 radical (unpaired) electrons. The van der Waals surface area contributed by atoms with Crippen molar-refractivity contribution >= 4 is 5.91 Å². The highest BCUT2D eigenvalue weighted by Crippen LogP contribution is 1.95. The minimum Gasteiger partial charge on any atom is -0.370 e. The van der Waals surface area contributed by atoms with E-state index in [1.165, 1.54) is 0 Å². The standard InChI is InChI=1S/C11H17N3O2/c12-4-7-16-9-11(15)14-6-3-10-2-1-5-13-8-10/h1-2,5,8H,3-4,6-7,9,12H2,(H,14,15).